The van der Waals surface area contributed by atoms with Gasteiger partial charge in [0.2, 0.25) is 11.8 Å². The second-order valence-electron chi connectivity index (χ2n) is 9.51. The molecule has 0 spiro atoms. The van der Waals surface area contributed by atoms with Gasteiger partial charge in [-0.05, 0) is 70.2 Å². The van der Waals surface area contributed by atoms with E-state index in [-0.39, 0.29) is 33.2 Å². The van der Waals surface area contributed by atoms with Crippen LogP contribution in [-0.2, 0) is 26.2 Å². The molecule has 0 unspecified atom stereocenters. The van der Waals surface area contributed by atoms with E-state index in [1.54, 1.807) is 51.1 Å². The van der Waals surface area contributed by atoms with Gasteiger partial charge in [-0.2, -0.15) is 0 Å². The number of rotatable bonds is 10. The highest BCUT2D eigenvalue weighted by Crippen LogP contribution is 2.31. The summed E-state index contributed by atoms with van der Waals surface area (Å²) in [4.78, 5) is 28.2. The molecule has 0 heterocycles. The number of anilines is 1. The highest BCUT2D eigenvalue weighted by molar-refractivity contribution is 7.92. The molecule has 0 aliphatic heterocycles. The molecule has 0 aromatic heterocycles. The molecule has 0 fully saturated rings. The molecule has 0 radical (unpaired) electrons. The summed E-state index contributed by atoms with van der Waals surface area (Å²) >= 11 is 25.2. The van der Waals surface area contributed by atoms with Crippen LogP contribution in [0.5, 0.6) is 0 Å². The Bertz CT molecular complexity index is 1460. The van der Waals surface area contributed by atoms with Crippen LogP contribution in [0.25, 0.3) is 0 Å². The van der Waals surface area contributed by atoms with Gasteiger partial charge >= 0.3 is 0 Å². The molecular weight excluding hydrogens is 616 g/mol. The zero-order valence-electron chi connectivity index (χ0n) is 22.3. The van der Waals surface area contributed by atoms with Crippen LogP contribution in [0, 0.1) is 6.92 Å². The van der Waals surface area contributed by atoms with Crippen LogP contribution in [0.2, 0.25) is 20.1 Å². The van der Waals surface area contributed by atoms with Crippen LogP contribution >= 0.6 is 46.4 Å². The smallest absolute Gasteiger partial charge is 0.264 e. The Hall–Kier alpha value is -2.49. The second kappa shape index (κ2) is 13.4. The van der Waals surface area contributed by atoms with Crippen LogP contribution in [-0.4, -0.2) is 43.8 Å². The normalized spacial score (nSPS) is 12.2. The Morgan fingerprint density at radius 2 is 1.43 bits per heavy atom. The van der Waals surface area contributed by atoms with E-state index in [0.717, 1.165) is 9.87 Å². The van der Waals surface area contributed by atoms with E-state index in [0.29, 0.717) is 15.6 Å². The fourth-order valence-electron chi connectivity index (χ4n) is 3.89. The van der Waals surface area contributed by atoms with E-state index in [2.05, 4.69) is 5.32 Å². The molecule has 0 aliphatic carbocycles. The number of amides is 2. The van der Waals surface area contributed by atoms with Crippen molar-refractivity contribution < 1.29 is 18.0 Å². The number of halogens is 4. The fourth-order valence-corrected chi connectivity index (χ4v) is 6.32. The van der Waals surface area contributed by atoms with Crippen LogP contribution in [0.1, 0.15) is 31.9 Å². The molecule has 1 N–H and O–H groups in total. The lowest BCUT2D eigenvalue weighted by molar-refractivity contribution is -0.139. The molecule has 40 heavy (non-hydrogen) atoms. The molecule has 0 saturated heterocycles. The van der Waals surface area contributed by atoms with E-state index in [1.165, 1.54) is 35.2 Å². The van der Waals surface area contributed by atoms with Crippen molar-refractivity contribution in [1.29, 1.82) is 0 Å². The molecule has 3 rings (SSSR count). The third-order valence-corrected chi connectivity index (χ3v) is 8.94. The minimum Gasteiger partial charge on any atom is -0.352 e. The lowest BCUT2D eigenvalue weighted by Gasteiger charge is -2.32. The molecule has 0 bridgehead atoms. The van der Waals surface area contributed by atoms with E-state index in [1.807, 2.05) is 6.92 Å². The third-order valence-electron chi connectivity index (χ3n) is 6.01. The van der Waals surface area contributed by atoms with E-state index in [9.17, 15) is 18.0 Å². The van der Waals surface area contributed by atoms with Gasteiger partial charge in [0.25, 0.3) is 10.0 Å². The number of sulfonamides is 1. The van der Waals surface area contributed by atoms with Crippen molar-refractivity contribution in [1.82, 2.24) is 10.2 Å². The quantitative estimate of drug-likeness (QED) is 0.265. The van der Waals surface area contributed by atoms with Gasteiger partial charge in [-0.25, -0.2) is 8.42 Å². The topological polar surface area (TPSA) is 86.8 Å². The van der Waals surface area contributed by atoms with Crippen molar-refractivity contribution in [3.8, 4) is 0 Å². The minimum absolute atomic E-state index is 0.0340. The maximum Gasteiger partial charge on any atom is 0.264 e. The van der Waals surface area contributed by atoms with Gasteiger partial charge < -0.3 is 10.2 Å². The SMILES string of the molecule is Cc1ccc(S(=O)(=O)N(CC(=O)N(Cc2c(Cl)cccc2Cl)[C@@H](C)C(=O)NC(C)C)c2cc(Cl)cc(Cl)c2)cc1. The highest BCUT2D eigenvalue weighted by Gasteiger charge is 2.33. The number of carbonyl (C=O) groups is 2. The maximum atomic E-state index is 14.0. The number of nitrogens with zero attached hydrogens (tertiary/aromatic N) is 2. The second-order valence-corrected chi connectivity index (χ2v) is 13.1. The van der Waals surface area contributed by atoms with Crippen molar-refractivity contribution in [2.45, 2.75) is 51.2 Å². The number of hydrogen-bond acceptors (Lipinski definition) is 4. The largest absolute Gasteiger partial charge is 0.352 e. The van der Waals surface area contributed by atoms with Crippen molar-refractivity contribution in [2.24, 2.45) is 0 Å². The Balaban J connectivity index is 2.10. The van der Waals surface area contributed by atoms with Gasteiger partial charge in [0.15, 0.2) is 0 Å². The van der Waals surface area contributed by atoms with Crippen LogP contribution in [0.15, 0.2) is 65.6 Å². The molecule has 0 saturated carbocycles. The monoisotopic (exact) mass is 643 g/mol. The summed E-state index contributed by atoms with van der Waals surface area (Å²) in [7, 11) is -4.27. The summed E-state index contributed by atoms with van der Waals surface area (Å²) < 4.78 is 28.7. The van der Waals surface area contributed by atoms with Crippen molar-refractivity contribution in [3.05, 3.63) is 91.9 Å². The summed E-state index contributed by atoms with van der Waals surface area (Å²) in [5.41, 5.74) is 1.36. The number of benzene rings is 3. The van der Waals surface area contributed by atoms with Gasteiger partial charge in [-0.15, -0.1) is 0 Å². The standard InChI is InChI=1S/C28H29Cl4N3O4S/c1-17(2)33-28(37)19(4)34(15-24-25(31)6-5-7-26(24)32)27(36)16-35(22-13-20(29)12-21(30)14-22)40(38,39)23-10-8-18(3)9-11-23/h5-14,17,19H,15-16H2,1-4H3,(H,33,37)/t19-/m0/s1. The number of hydrogen-bond donors (Lipinski definition) is 1. The first-order valence-electron chi connectivity index (χ1n) is 12.3. The van der Waals surface area contributed by atoms with Crippen molar-refractivity contribution in [2.75, 3.05) is 10.8 Å². The average Bonchev–Trinajstić information content (AvgIpc) is 2.85. The van der Waals surface area contributed by atoms with Crippen molar-refractivity contribution >= 4 is 73.9 Å². The predicted molar refractivity (Wildman–Crippen MR) is 162 cm³/mol. The first-order chi connectivity index (χ1) is 18.7. The third kappa shape index (κ3) is 7.83. The molecule has 7 nitrogen and oxygen atoms in total. The minimum atomic E-state index is -4.27. The van der Waals surface area contributed by atoms with E-state index in [4.69, 9.17) is 46.4 Å². The summed E-state index contributed by atoms with van der Waals surface area (Å²) in [5, 5.41) is 3.75. The Morgan fingerprint density at radius 3 is 1.95 bits per heavy atom. The predicted octanol–water partition coefficient (Wildman–Crippen LogP) is 6.75. The van der Waals surface area contributed by atoms with Gasteiger partial charge in [-0.1, -0.05) is 70.2 Å². The molecule has 0 aliphatic rings. The van der Waals surface area contributed by atoms with Crippen molar-refractivity contribution in [3.63, 3.8) is 0 Å². The molecular formula is C28H29Cl4N3O4S. The lowest BCUT2D eigenvalue weighted by atomic mass is 10.1. The average molecular weight is 645 g/mol. The first-order valence-corrected chi connectivity index (χ1v) is 15.2. The molecule has 2 amide bonds. The first kappa shape index (κ1) is 32.0. The lowest BCUT2D eigenvalue weighted by Crippen LogP contribution is -2.52. The Labute approximate surface area is 255 Å². The zero-order valence-corrected chi connectivity index (χ0v) is 26.1. The summed E-state index contributed by atoms with van der Waals surface area (Å²) in [6.45, 7) is 6.17. The van der Waals surface area contributed by atoms with Gasteiger partial charge in [0, 0.05) is 38.2 Å². The van der Waals surface area contributed by atoms with Gasteiger partial charge in [0.1, 0.15) is 12.6 Å². The van der Waals surface area contributed by atoms with E-state index >= 15 is 0 Å². The Kier molecular flexibility index (Phi) is 10.8. The number of nitrogens with one attached hydrogen (secondary N) is 1. The van der Waals surface area contributed by atoms with Crippen LogP contribution in [0.4, 0.5) is 5.69 Å². The molecule has 12 heteroatoms. The summed E-state index contributed by atoms with van der Waals surface area (Å²) in [6, 6.07) is 14.2. The number of carbonyl (C=O) groups excluding carboxylic acids is 2. The highest BCUT2D eigenvalue weighted by atomic mass is 35.5. The van der Waals surface area contributed by atoms with Crippen LogP contribution < -0.4 is 9.62 Å². The zero-order chi connectivity index (χ0) is 29.8. The summed E-state index contributed by atoms with van der Waals surface area (Å²) in [6.07, 6.45) is 0. The maximum absolute atomic E-state index is 14.0. The fraction of sp³-hybridized carbons (Fsp3) is 0.286. The Morgan fingerprint density at radius 1 is 0.875 bits per heavy atom. The number of aryl methyl sites for hydroxylation is 1. The summed E-state index contributed by atoms with van der Waals surface area (Å²) in [5.74, 6) is -1.10. The van der Waals surface area contributed by atoms with E-state index < -0.39 is 34.4 Å². The molecule has 214 valence electrons. The van der Waals surface area contributed by atoms with Gasteiger partial charge in [-0.3, -0.25) is 13.9 Å². The molecule has 3 aromatic rings. The molecule has 3 aromatic carbocycles. The molecule has 1 atom stereocenters. The van der Waals surface area contributed by atoms with Crippen LogP contribution in [0.3, 0.4) is 0 Å². The van der Waals surface area contributed by atoms with Gasteiger partial charge in [0.05, 0.1) is 10.6 Å².